The quantitative estimate of drug-likeness (QED) is 0.613. The molecule has 3 aromatic rings. The molecule has 0 saturated carbocycles. The van der Waals surface area contributed by atoms with Crippen molar-refractivity contribution in [1.29, 1.82) is 5.26 Å². The minimum atomic E-state index is -0.104. The molecule has 0 bridgehead atoms. The van der Waals surface area contributed by atoms with Crippen molar-refractivity contribution in [2.45, 2.75) is 0 Å². The van der Waals surface area contributed by atoms with Gasteiger partial charge in [0.05, 0.1) is 16.3 Å². The molecule has 31 heavy (non-hydrogen) atoms. The van der Waals surface area contributed by atoms with Crippen LogP contribution < -0.4 is 9.64 Å². The summed E-state index contributed by atoms with van der Waals surface area (Å²) in [5.74, 6) is 1.08. The number of nitrogens with zero attached hydrogens (tertiary/aromatic N) is 5. The summed E-state index contributed by atoms with van der Waals surface area (Å²) >= 11 is 6.23. The van der Waals surface area contributed by atoms with Gasteiger partial charge < -0.3 is 14.5 Å². The maximum atomic E-state index is 12.5. The molecule has 1 amide bonds. The number of halogens is 1. The van der Waals surface area contributed by atoms with E-state index < -0.39 is 0 Å². The van der Waals surface area contributed by atoms with E-state index >= 15 is 0 Å². The first-order chi connectivity index (χ1) is 15.2. The summed E-state index contributed by atoms with van der Waals surface area (Å²) in [6.07, 6.45) is 0. The number of anilines is 1. The maximum Gasteiger partial charge on any atom is 0.260 e. The molecule has 1 aliphatic rings. The second-order valence-corrected chi connectivity index (χ2v) is 7.43. The summed E-state index contributed by atoms with van der Waals surface area (Å²) in [5.41, 5.74) is 1.98. The SMILES string of the molecule is N#Cc1ccccc1OCC(=O)N1CCN(c2ccc(-c3ccccc3Cl)nn2)CC1. The molecule has 0 spiro atoms. The van der Waals surface area contributed by atoms with E-state index in [-0.39, 0.29) is 12.5 Å². The number of hydrogen-bond donors (Lipinski definition) is 0. The minimum absolute atomic E-state index is 0.0922. The van der Waals surface area contributed by atoms with Crippen LogP contribution in [0.15, 0.2) is 60.7 Å². The van der Waals surface area contributed by atoms with Crippen LogP contribution in [-0.4, -0.2) is 53.8 Å². The van der Waals surface area contributed by atoms with Crippen molar-refractivity contribution < 1.29 is 9.53 Å². The fraction of sp³-hybridized carbons (Fsp3) is 0.217. The Labute approximate surface area is 185 Å². The highest BCUT2D eigenvalue weighted by Crippen LogP contribution is 2.26. The van der Waals surface area contributed by atoms with Gasteiger partial charge in [0.25, 0.3) is 5.91 Å². The van der Waals surface area contributed by atoms with Crippen LogP contribution in [0.4, 0.5) is 5.82 Å². The Kier molecular flexibility index (Phi) is 6.29. The predicted octanol–water partition coefficient (Wildman–Crippen LogP) is 3.40. The Balaban J connectivity index is 1.32. The molecule has 1 fully saturated rings. The number of piperazine rings is 1. The number of nitriles is 1. The van der Waals surface area contributed by atoms with Gasteiger partial charge in [0.15, 0.2) is 12.4 Å². The van der Waals surface area contributed by atoms with Crippen molar-refractivity contribution in [3.63, 3.8) is 0 Å². The first-order valence-corrected chi connectivity index (χ1v) is 10.3. The van der Waals surface area contributed by atoms with E-state index in [2.05, 4.69) is 21.2 Å². The second-order valence-electron chi connectivity index (χ2n) is 7.02. The van der Waals surface area contributed by atoms with Crippen LogP contribution in [0.5, 0.6) is 5.75 Å². The molecule has 0 unspecified atom stereocenters. The van der Waals surface area contributed by atoms with Crippen LogP contribution in [0.2, 0.25) is 5.02 Å². The van der Waals surface area contributed by atoms with Crippen molar-refractivity contribution in [1.82, 2.24) is 15.1 Å². The monoisotopic (exact) mass is 433 g/mol. The van der Waals surface area contributed by atoms with Gasteiger partial charge in [-0.2, -0.15) is 5.26 Å². The van der Waals surface area contributed by atoms with Crippen molar-refractivity contribution in [2.24, 2.45) is 0 Å². The summed E-state index contributed by atoms with van der Waals surface area (Å²) in [4.78, 5) is 16.4. The molecule has 0 atom stereocenters. The van der Waals surface area contributed by atoms with Gasteiger partial charge in [-0.05, 0) is 30.3 Å². The molecule has 1 aromatic heterocycles. The summed E-state index contributed by atoms with van der Waals surface area (Å²) in [6, 6.07) is 20.3. The number of rotatable bonds is 5. The van der Waals surface area contributed by atoms with Crippen molar-refractivity contribution in [3.8, 4) is 23.1 Å². The Morgan fingerprint density at radius 1 is 1.00 bits per heavy atom. The Morgan fingerprint density at radius 3 is 2.45 bits per heavy atom. The number of carbonyl (C=O) groups excluding carboxylic acids is 1. The summed E-state index contributed by atoms with van der Waals surface area (Å²) in [5, 5.41) is 18.4. The third kappa shape index (κ3) is 4.76. The first kappa shape index (κ1) is 20.6. The number of carbonyl (C=O) groups is 1. The normalized spacial score (nSPS) is 13.5. The molecular weight excluding hydrogens is 414 g/mol. The molecule has 1 aliphatic heterocycles. The average molecular weight is 434 g/mol. The number of amides is 1. The van der Waals surface area contributed by atoms with E-state index in [1.54, 1.807) is 29.2 Å². The largest absolute Gasteiger partial charge is 0.482 e. The van der Waals surface area contributed by atoms with Crippen LogP contribution >= 0.6 is 11.6 Å². The highest BCUT2D eigenvalue weighted by molar-refractivity contribution is 6.33. The lowest BCUT2D eigenvalue weighted by molar-refractivity contribution is -0.133. The van der Waals surface area contributed by atoms with Crippen molar-refractivity contribution in [3.05, 3.63) is 71.2 Å². The van der Waals surface area contributed by atoms with Crippen LogP contribution in [-0.2, 0) is 4.79 Å². The topological polar surface area (TPSA) is 82.4 Å². The lowest BCUT2D eigenvalue weighted by Crippen LogP contribution is -2.50. The van der Waals surface area contributed by atoms with Gasteiger partial charge in [0, 0.05) is 31.7 Å². The minimum Gasteiger partial charge on any atom is -0.482 e. The second kappa shape index (κ2) is 9.45. The van der Waals surface area contributed by atoms with E-state index in [0.717, 1.165) is 17.1 Å². The molecule has 8 heteroatoms. The molecule has 4 rings (SSSR count). The molecule has 0 aliphatic carbocycles. The van der Waals surface area contributed by atoms with E-state index in [1.165, 1.54) is 0 Å². The Bertz CT molecular complexity index is 1110. The smallest absolute Gasteiger partial charge is 0.260 e. The summed E-state index contributed by atoms with van der Waals surface area (Å²) in [6.45, 7) is 2.35. The van der Waals surface area contributed by atoms with E-state index in [9.17, 15) is 4.79 Å². The lowest BCUT2D eigenvalue weighted by Gasteiger charge is -2.35. The van der Waals surface area contributed by atoms with Gasteiger partial charge in [-0.25, -0.2) is 0 Å². The van der Waals surface area contributed by atoms with E-state index in [1.807, 2.05) is 36.4 Å². The van der Waals surface area contributed by atoms with Crippen LogP contribution in [0.1, 0.15) is 5.56 Å². The molecule has 0 N–H and O–H groups in total. The lowest BCUT2D eigenvalue weighted by atomic mass is 10.1. The van der Waals surface area contributed by atoms with Gasteiger partial charge in [-0.1, -0.05) is 41.9 Å². The average Bonchev–Trinajstić information content (AvgIpc) is 2.83. The van der Waals surface area contributed by atoms with E-state index in [0.29, 0.717) is 42.5 Å². The van der Waals surface area contributed by atoms with Crippen LogP contribution in [0, 0.1) is 11.3 Å². The van der Waals surface area contributed by atoms with Gasteiger partial charge in [-0.3, -0.25) is 4.79 Å². The summed E-state index contributed by atoms with van der Waals surface area (Å²) in [7, 11) is 0. The fourth-order valence-corrected chi connectivity index (χ4v) is 3.64. The zero-order valence-corrected chi connectivity index (χ0v) is 17.5. The molecule has 7 nitrogen and oxygen atoms in total. The van der Waals surface area contributed by atoms with Gasteiger partial charge >= 0.3 is 0 Å². The molecule has 1 saturated heterocycles. The van der Waals surface area contributed by atoms with E-state index in [4.69, 9.17) is 21.6 Å². The number of ether oxygens (including phenoxy) is 1. The highest BCUT2D eigenvalue weighted by atomic mass is 35.5. The maximum absolute atomic E-state index is 12.5. The van der Waals surface area contributed by atoms with Gasteiger partial charge in [0.2, 0.25) is 0 Å². The number of aromatic nitrogens is 2. The fourth-order valence-electron chi connectivity index (χ4n) is 3.41. The molecular formula is C23H20ClN5O2. The number of hydrogen-bond acceptors (Lipinski definition) is 6. The Hall–Kier alpha value is -3.63. The zero-order valence-electron chi connectivity index (χ0n) is 16.7. The summed E-state index contributed by atoms with van der Waals surface area (Å²) < 4.78 is 5.56. The standard InChI is InChI=1S/C23H20ClN5O2/c24-19-7-3-2-6-18(19)20-9-10-22(27-26-20)28-11-13-29(14-12-28)23(30)16-31-21-8-4-1-5-17(21)15-25/h1-10H,11-14,16H2. The number of para-hydroxylation sites is 1. The Morgan fingerprint density at radius 2 is 1.74 bits per heavy atom. The third-order valence-electron chi connectivity index (χ3n) is 5.12. The predicted molar refractivity (Wildman–Crippen MR) is 118 cm³/mol. The van der Waals surface area contributed by atoms with Crippen molar-refractivity contribution in [2.75, 3.05) is 37.7 Å². The molecule has 2 heterocycles. The molecule has 0 radical (unpaired) electrons. The van der Waals surface area contributed by atoms with Crippen molar-refractivity contribution >= 4 is 23.3 Å². The zero-order chi connectivity index (χ0) is 21.6. The number of benzene rings is 2. The van der Waals surface area contributed by atoms with Crippen LogP contribution in [0.25, 0.3) is 11.3 Å². The molecule has 156 valence electrons. The van der Waals surface area contributed by atoms with Gasteiger partial charge in [0.1, 0.15) is 11.8 Å². The van der Waals surface area contributed by atoms with Gasteiger partial charge in [-0.15, -0.1) is 10.2 Å². The first-order valence-electron chi connectivity index (χ1n) is 9.89. The van der Waals surface area contributed by atoms with Crippen LogP contribution in [0.3, 0.4) is 0 Å². The third-order valence-corrected chi connectivity index (χ3v) is 5.44. The highest BCUT2D eigenvalue weighted by Gasteiger charge is 2.23. The molecule has 2 aromatic carbocycles.